The summed E-state index contributed by atoms with van der Waals surface area (Å²) in [5.41, 5.74) is 5.22. The molecule has 4 rings (SSSR count). The number of benzene rings is 2. The van der Waals surface area contributed by atoms with E-state index in [9.17, 15) is 9.59 Å². The second kappa shape index (κ2) is 5.85. The van der Waals surface area contributed by atoms with Crippen molar-refractivity contribution in [3.05, 3.63) is 77.5 Å². The first-order valence-electron chi connectivity index (χ1n) is 8.40. The van der Waals surface area contributed by atoms with Crippen molar-refractivity contribution >= 4 is 39.9 Å². The van der Waals surface area contributed by atoms with Crippen LogP contribution < -0.4 is 0 Å². The van der Waals surface area contributed by atoms with E-state index in [-0.39, 0.29) is 11.8 Å². The van der Waals surface area contributed by atoms with E-state index in [2.05, 4.69) is 11.6 Å². The second-order valence-electron chi connectivity index (χ2n) is 6.42. The molecule has 0 bridgehead atoms. The Balaban J connectivity index is 2.03. The van der Waals surface area contributed by atoms with Crippen LogP contribution in [-0.2, 0) is 9.59 Å². The third kappa shape index (κ3) is 2.23. The zero-order chi connectivity index (χ0) is 18.4. The largest absolute Gasteiger partial charge is 0.358 e. The van der Waals surface area contributed by atoms with E-state index >= 15 is 0 Å². The summed E-state index contributed by atoms with van der Waals surface area (Å²) in [5.74, 6) is -0.549. The average Bonchev–Trinajstić information content (AvgIpc) is 3.10. The Hall–Kier alpha value is -3.40. The van der Waals surface area contributed by atoms with Crippen molar-refractivity contribution in [2.45, 2.75) is 6.92 Å². The van der Waals surface area contributed by atoms with Crippen LogP contribution in [0, 0.1) is 6.92 Å². The van der Waals surface area contributed by atoms with Gasteiger partial charge in [0.2, 0.25) is 0 Å². The molecule has 0 fully saturated rings. The highest BCUT2D eigenvalue weighted by Crippen LogP contribution is 2.39. The molecule has 0 saturated heterocycles. The van der Waals surface area contributed by atoms with Gasteiger partial charge in [-0.2, -0.15) is 0 Å². The SMILES string of the molecule is C=Cc1ccc(C2=C(c3c(C)[nH]c4ccccc34)C(=O)N(C)C2=O)cc1. The van der Waals surface area contributed by atoms with Gasteiger partial charge in [-0.15, -0.1) is 0 Å². The summed E-state index contributed by atoms with van der Waals surface area (Å²) >= 11 is 0. The van der Waals surface area contributed by atoms with Crippen molar-refractivity contribution in [1.82, 2.24) is 9.88 Å². The van der Waals surface area contributed by atoms with Gasteiger partial charge < -0.3 is 4.98 Å². The van der Waals surface area contributed by atoms with Crippen LogP contribution in [0.4, 0.5) is 0 Å². The number of carbonyl (C=O) groups is 2. The third-order valence-electron chi connectivity index (χ3n) is 4.87. The number of H-pyrrole nitrogens is 1. The maximum Gasteiger partial charge on any atom is 0.262 e. The summed E-state index contributed by atoms with van der Waals surface area (Å²) in [6.07, 6.45) is 1.75. The lowest BCUT2D eigenvalue weighted by Gasteiger charge is -2.06. The standard InChI is InChI=1S/C22H18N2O2/c1-4-14-9-11-15(12-10-14)19-20(22(26)24(3)21(19)25)18-13(2)23-17-8-6-5-7-16(17)18/h4-12,23H,1H2,2-3H3. The van der Waals surface area contributed by atoms with Crippen LogP contribution in [0.1, 0.15) is 22.4 Å². The molecule has 0 saturated carbocycles. The highest BCUT2D eigenvalue weighted by Gasteiger charge is 2.38. The van der Waals surface area contributed by atoms with Crippen LogP contribution in [0.2, 0.25) is 0 Å². The number of para-hydroxylation sites is 1. The van der Waals surface area contributed by atoms with Crippen LogP contribution >= 0.6 is 0 Å². The van der Waals surface area contributed by atoms with Crippen LogP contribution in [-0.4, -0.2) is 28.7 Å². The van der Waals surface area contributed by atoms with Gasteiger partial charge in [-0.1, -0.05) is 55.1 Å². The number of hydrogen-bond acceptors (Lipinski definition) is 2. The molecule has 2 heterocycles. The van der Waals surface area contributed by atoms with E-state index in [0.717, 1.165) is 33.3 Å². The van der Waals surface area contributed by atoms with Gasteiger partial charge in [0, 0.05) is 29.2 Å². The molecular weight excluding hydrogens is 324 g/mol. The summed E-state index contributed by atoms with van der Waals surface area (Å²) in [7, 11) is 1.53. The van der Waals surface area contributed by atoms with E-state index in [1.165, 1.54) is 11.9 Å². The fourth-order valence-corrected chi connectivity index (χ4v) is 3.53. The quantitative estimate of drug-likeness (QED) is 0.731. The van der Waals surface area contributed by atoms with Crippen molar-refractivity contribution in [2.75, 3.05) is 7.05 Å². The molecule has 1 aliphatic heterocycles. The molecule has 0 spiro atoms. The predicted octanol–water partition coefficient (Wildman–Crippen LogP) is 4.03. The molecule has 3 aromatic rings. The topological polar surface area (TPSA) is 53.2 Å². The van der Waals surface area contributed by atoms with Crippen molar-refractivity contribution in [3.63, 3.8) is 0 Å². The van der Waals surface area contributed by atoms with E-state index in [4.69, 9.17) is 0 Å². The smallest absolute Gasteiger partial charge is 0.262 e. The lowest BCUT2D eigenvalue weighted by atomic mass is 9.94. The van der Waals surface area contributed by atoms with Crippen molar-refractivity contribution in [1.29, 1.82) is 0 Å². The average molecular weight is 342 g/mol. The van der Waals surface area contributed by atoms with E-state index in [0.29, 0.717) is 11.1 Å². The number of aromatic amines is 1. The summed E-state index contributed by atoms with van der Waals surface area (Å²) in [6, 6.07) is 15.3. The normalized spacial score (nSPS) is 14.6. The summed E-state index contributed by atoms with van der Waals surface area (Å²) in [5, 5.41) is 0.941. The minimum Gasteiger partial charge on any atom is -0.358 e. The first-order valence-corrected chi connectivity index (χ1v) is 8.40. The van der Waals surface area contributed by atoms with Gasteiger partial charge >= 0.3 is 0 Å². The number of likely N-dealkylation sites (N-methyl/N-ethyl adjacent to an activating group) is 1. The molecule has 4 nitrogen and oxygen atoms in total. The lowest BCUT2D eigenvalue weighted by molar-refractivity contribution is -0.134. The molecule has 0 radical (unpaired) electrons. The van der Waals surface area contributed by atoms with Crippen LogP contribution in [0.25, 0.3) is 28.1 Å². The highest BCUT2D eigenvalue weighted by atomic mass is 16.2. The number of nitrogens with one attached hydrogen (secondary N) is 1. The summed E-state index contributed by atoms with van der Waals surface area (Å²) in [4.78, 5) is 30.3. The first kappa shape index (κ1) is 16.1. The Labute approximate surface area is 151 Å². The number of hydrogen-bond donors (Lipinski definition) is 1. The number of aryl methyl sites for hydroxylation is 1. The molecule has 1 N–H and O–H groups in total. The summed E-state index contributed by atoms with van der Waals surface area (Å²) in [6.45, 7) is 5.68. The molecule has 1 aromatic heterocycles. The Morgan fingerprint density at radius 3 is 2.31 bits per heavy atom. The Morgan fingerprint density at radius 1 is 0.962 bits per heavy atom. The molecule has 0 atom stereocenters. The second-order valence-corrected chi connectivity index (χ2v) is 6.42. The predicted molar refractivity (Wildman–Crippen MR) is 104 cm³/mol. The number of rotatable bonds is 3. The fourth-order valence-electron chi connectivity index (χ4n) is 3.53. The molecule has 4 heteroatoms. The lowest BCUT2D eigenvalue weighted by Crippen LogP contribution is -2.26. The minimum absolute atomic E-state index is 0.273. The van der Waals surface area contributed by atoms with Gasteiger partial charge in [0.05, 0.1) is 11.1 Å². The van der Waals surface area contributed by atoms with Crippen molar-refractivity contribution in [2.24, 2.45) is 0 Å². The van der Waals surface area contributed by atoms with Gasteiger partial charge in [0.1, 0.15) is 0 Å². The summed E-state index contributed by atoms with van der Waals surface area (Å²) < 4.78 is 0. The van der Waals surface area contributed by atoms with Crippen molar-refractivity contribution in [3.8, 4) is 0 Å². The first-order chi connectivity index (χ1) is 12.5. The number of carbonyl (C=O) groups excluding carboxylic acids is 2. The van der Waals surface area contributed by atoms with Crippen LogP contribution in [0.15, 0.2) is 55.1 Å². The monoisotopic (exact) mass is 342 g/mol. The Bertz CT molecular complexity index is 1100. The number of nitrogens with zero attached hydrogens (tertiary/aromatic N) is 1. The molecule has 2 amide bonds. The Morgan fingerprint density at radius 2 is 1.62 bits per heavy atom. The molecule has 128 valence electrons. The van der Waals surface area contributed by atoms with Gasteiger partial charge in [-0.3, -0.25) is 14.5 Å². The maximum absolute atomic E-state index is 12.9. The fraction of sp³-hybridized carbons (Fsp3) is 0.0909. The number of amides is 2. The van der Waals surface area contributed by atoms with Gasteiger partial charge in [0.15, 0.2) is 0 Å². The maximum atomic E-state index is 12.9. The molecule has 2 aromatic carbocycles. The van der Waals surface area contributed by atoms with Crippen LogP contribution in [0.3, 0.4) is 0 Å². The highest BCUT2D eigenvalue weighted by molar-refractivity contribution is 6.49. The molecular formula is C22H18N2O2. The number of imide groups is 1. The minimum atomic E-state index is -0.277. The van der Waals surface area contributed by atoms with Gasteiger partial charge in [-0.05, 0) is 24.1 Å². The zero-order valence-electron chi connectivity index (χ0n) is 14.7. The Kier molecular flexibility index (Phi) is 3.62. The van der Waals surface area contributed by atoms with Gasteiger partial charge in [-0.25, -0.2) is 0 Å². The van der Waals surface area contributed by atoms with Crippen LogP contribution in [0.5, 0.6) is 0 Å². The third-order valence-corrected chi connectivity index (χ3v) is 4.87. The van der Waals surface area contributed by atoms with E-state index in [1.54, 1.807) is 6.08 Å². The molecule has 1 aliphatic rings. The number of fused-ring (bicyclic) bond motifs is 1. The number of aromatic nitrogens is 1. The molecule has 0 unspecified atom stereocenters. The molecule has 26 heavy (non-hydrogen) atoms. The van der Waals surface area contributed by atoms with Gasteiger partial charge in [0.25, 0.3) is 11.8 Å². The van der Waals surface area contributed by atoms with E-state index in [1.807, 2.05) is 55.5 Å². The van der Waals surface area contributed by atoms with E-state index < -0.39 is 0 Å². The molecule has 0 aliphatic carbocycles. The van der Waals surface area contributed by atoms with Crippen molar-refractivity contribution < 1.29 is 9.59 Å². The zero-order valence-corrected chi connectivity index (χ0v) is 14.7.